The number of hydrogen-bond donors (Lipinski definition) is 1. The van der Waals surface area contributed by atoms with E-state index in [0.29, 0.717) is 21.6 Å². The van der Waals surface area contributed by atoms with Crippen molar-refractivity contribution in [1.29, 1.82) is 0 Å². The maximum absolute atomic E-state index is 13.2. The molecule has 0 unspecified atom stereocenters. The van der Waals surface area contributed by atoms with Crippen molar-refractivity contribution in [2.24, 2.45) is 0 Å². The number of nitrogens with zero attached hydrogens (tertiary/aromatic N) is 2. The van der Waals surface area contributed by atoms with Crippen molar-refractivity contribution in [3.8, 4) is 0 Å². The minimum Gasteiger partial charge on any atom is -0.360 e. The number of rotatable bonds is 6. The molecule has 2 heterocycles. The van der Waals surface area contributed by atoms with E-state index in [2.05, 4.69) is 4.98 Å². The van der Waals surface area contributed by atoms with E-state index < -0.39 is 0 Å². The van der Waals surface area contributed by atoms with Crippen LogP contribution in [-0.2, 0) is 0 Å². The first-order valence-electron chi connectivity index (χ1n) is 9.79. The third-order valence-electron chi connectivity index (χ3n) is 5.31. The molecule has 4 rings (SSSR count). The highest BCUT2D eigenvalue weighted by atomic mass is 32.2. The first-order valence-corrected chi connectivity index (χ1v) is 10.7. The van der Waals surface area contributed by atoms with E-state index in [0.717, 1.165) is 17.3 Å². The number of nitrogens with one attached hydrogen (secondary N) is 1. The fourth-order valence-electron chi connectivity index (χ4n) is 3.49. The Morgan fingerprint density at radius 1 is 1.10 bits per heavy atom. The lowest BCUT2D eigenvalue weighted by molar-refractivity contribution is 0.0995. The molecule has 0 aliphatic heterocycles. The van der Waals surface area contributed by atoms with Crippen molar-refractivity contribution in [2.75, 3.05) is 0 Å². The number of para-hydroxylation sites is 2. The molecule has 4 aromatic rings. The van der Waals surface area contributed by atoms with Gasteiger partial charge in [-0.3, -0.25) is 14.2 Å². The van der Waals surface area contributed by atoms with Gasteiger partial charge in [0.05, 0.1) is 16.2 Å². The molecule has 2 aromatic carbocycles. The number of ketones is 1. The average Bonchev–Trinajstić information content (AvgIpc) is 3.17. The molecular formula is C23H23N3O2S. The van der Waals surface area contributed by atoms with E-state index in [1.807, 2.05) is 63.2 Å². The smallest absolute Gasteiger partial charge is 0.262 e. The van der Waals surface area contributed by atoms with Crippen molar-refractivity contribution in [3.05, 3.63) is 70.6 Å². The molecule has 0 saturated heterocycles. The molecule has 0 radical (unpaired) electrons. The summed E-state index contributed by atoms with van der Waals surface area (Å²) in [6, 6.07) is 15.1. The summed E-state index contributed by atoms with van der Waals surface area (Å²) in [7, 11) is 0. The molecule has 0 spiro atoms. The number of hydrogen-bond acceptors (Lipinski definition) is 4. The Morgan fingerprint density at radius 3 is 2.55 bits per heavy atom. The first kappa shape index (κ1) is 19.5. The maximum atomic E-state index is 13.2. The van der Waals surface area contributed by atoms with E-state index in [1.165, 1.54) is 11.8 Å². The molecule has 6 heteroatoms. The van der Waals surface area contributed by atoms with E-state index in [4.69, 9.17) is 4.98 Å². The van der Waals surface area contributed by atoms with E-state index >= 15 is 0 Å². The lowest BCUT2D eigenvalue weighted by Crippen LogP contribution is -2.27. The van der Waals surface area contributed by atoms with Crippen LogP contribution < -0.4 is 5.56 Å². The molecule has 0 amide bonds. The van der Waals surface area contributed by atoms with Crippen LogP contribution in [0.25, 0.3) is 21.8 Å². The lowest BCUT2D eigenvalue weighted by atomic mass is 10.1. The summed E-state index contributed by atoms with van der Waals surface area (Å²) in [5.41, 5.74) is 2.21. The van der Waals surface area contributed by atoms with Gasteiger partial charge in [-0.05, 0) is 38.5 Å². The molecule has 1 N–H and O–H groups in total. The molecule has 0 saturated carbocycles. The zero-order valence-electron chi connectivity index (χ0n) is 16.7. The second-order valence-corrected chi connectivity index (χ2v) is 8.52. The van der Waals surface area contributed by atoms with E-state index in [-0.39, 0.29) is 22.6 Å². The summed E-state index contributed by atoms with van der Waals surface area (Å²) in [4.78, 5) is 34.2. The van der Waals surface area contributed by atoms with Crippen molar-refractivity contribution >= 4 is 39.4 Å². The van der Waals surface area contributed by atoms with Gasteiger partial charge in [-0.2, -0.15) is 0 Å². The average molecular weight is 406 g/mol. The minimum atomic E-state index is -0.377. The number of aromatic amines is 1. The molecule has 0 fully saturated rings. The highest BCUT2D eigenvalue weighted by molar-refractivity contribution is 8.00. The lowest BCUT2D eigenvalue weighted by Gasteiger charge is -2.20. The minimum absolute atomic E-state index is 0.00232. The quantitative estimate of drug-likeness (QED) is 0.272. The third-order valence-corrected chi connectivity index (χ3v) is 6.38. The van der Waals surface area contributed by atoms with Gasteiger partial charge >= 0.3 is 0 Å². The summed E-state index contributed by atoms with van der Waals surface area (Å²) in [6.07, 6.45) is 2.57. The van der Waals surface area contributed by atoms with Gasteiger partial charge in [0, 0.05) is 28.7 Å². The number of benzene rings is 2. The number of carbonyl (C=O) groups excluding carboxylic acids is 1. The standard InChI is InChI=1S/C23H23N3O2S/c1-4-14(2)26-22(28)17-10-6-8-12-20(17)25-23(26)29-15(3)21(27)18-13-24-19-11-7-5-9-16(18)19/h5-15,24H,4H2,1-3H3/t14-,15-/m1/s1. The van der Waals surface area contributed by atoms with Crippen LogP contribution in [0.2, 0.25) is 0 Å². The number of carbonyl (C=O) groups is 1. The molecule has 2 atom stereocenters. The molecule has 0 bridgehead atoms. The largest absolute Gasteiger partial charge is 0.360 e. The van der Waals surface area contributed by atoms with Crippen molar-refractivity contribution in [1.82, 2.24) is 14.5 Å². The molecule has 0 aliphatic carbocycles. The Hall–Kier alpha value is -2.86. The Morgan fingerprint density at radius 2 is 1.79 bits per heavy atom. The highest BCUT2D eigenvalue weighted by Gasteiger charge is 2.23. The van der Waals surface area contributed by atoms with Gasteiger partial charge in [-0.25, -0.2) is 4.98 Å². The predicted octanol–water partition coefficient (Wildman–Crippen LogP) is 5.21. The number of fused-ring (bicyclic) bond motifs is 2. The van der Waals surface area contributed by atoms with Crippen molar-refractivity contribution in [3.63, 3.8) is 0 Å². The van der Waals surface area contributed by atoms with Gasteiger partial charge < -0.3 is 4.98 Å². The molecule has 5 nitrogen and oxygen atoms in total. The Kier molecular flexibility index (Phi) is 5.28. The van der Waals surface area contributed by atoms with Crippen LogP contribution in [0.15, 0.2) is 64.7 Å². The monoisotopic (exact) mass is 405 g/mol. The van der Waals surface area contributed by atoms with Crippen LogP contribution in [0.4, 0.5) is 0 Å². The summed E-state index contributed by atoms with van der Waals surface area (Å²) >= 11 is 1.35. The van der Waals surface area contributed by atoms with Crippen LogP contribution in [-0.4, -0.2) is 25.6 Å². The van der Waals surface area contributed by atoms with Gasteiger partial charge in [-0.1, -0.05) is 49.0 Å². The van der Waals surface area contributed by atoms with Crippen molar-refractivity contribution < 1.29 is 4.79 Å². The normalized spacial score (nSPS) is 13.6. The highest BCUT2D eigenvalue weighted by Crippen LogP contribution is 2.29. The molecule has 2 aromatic heterocycles. The van der Waals surface area contributed by atoms with Gasteiger partial charge in [0.2, 0.25) is 0 Å². The number of Topliss-reactive ketones (excluding diaryl/α,β-unsaturated/α-hetero) is 1. The summed E-state index contributed by atoms with van der Waals surface area (Å²) in [5.74, 6) is 0.0190. The van der Waals surface area contributed by atoms with Crippen LogP contribution >= 0.6 is 11.8 Å². The fraction of sp³-hybridized carbons (Fsp3) is 0.261. The van der Waals surface area contributed by atoms with Crippen LogP contribution in [0.5, 0.6) is 0 Å². The zero-order chi connectivity index (χ0) is 20.5. The molecule has 29 heavy (non-hydrogen) atoms. The summed E-state index contributed by atoms with van der Waals surface area (Å²) in [5, 5.41) is 1.73. The topological polar surface area (TPSA) is 67.8 Å². The molecular weight excluding hydrogens is 382 g/mol. The van der Waals surface area contributed by atoms with Gasteiger partial charge in [0.25, 0.3) is 5.56 Å². The SMILES string of the molecule is CC[C@@H](C)n1c(S[C@H](C)C(=O)c2c[nH]c3ccccc23)nc2ccccc2c1=O. The number of H-pyrrole nitrogens is 1. The first-order chi connectivity index (χ1) is 14.0. The molecule has 0 aliphatic rings. The fourth-order valence-corrected chi connectivity index (χ4v) is 4.56. The van der Waals surface area contributed by atoms with Crippen LogP contribution in [0.1, 0.15) is 43.6 Å². The second-order valence-electron chi connectivity index (χ2n) is 7.22. The van der Waals surface area contributed by atoms with Crippen molar-refractivity contribution in [2.45, 2.75) is 43.6 Å². The van der Waals surface area contributed by atoms with E-state index in [9.17, 15) is 9.59 Å². The van der Waals surface area contributed by atoms with E-state index in [1.54, 1.807) is 16.8 Å². The maximum Gasteiger partial charge on any atom is 0.262 e. The number of aromatic nitrogens is 3. The Labute approximate surface area is 173 Å². The summed E-state index contributed by atoms with van der Waals surface area (Å²) < 4.78 is 1.73. The molecule has 148 valence electrons. The van der Waals surface area contributed by atoms with Crippen LogP contribution in [0, 0.1) is 0 Å². The third kappa shape index (κ3) is 3.49. The van der Waals surface area contributed by atoms with Gasteiger partial charge in [-0.15, -0.1) is 0 Å². The van der Waals surface area contributed by atoms with Gasteiger partial charge in [0.15, 0.2) is 10.9 Å². The number of thioether (sulfide) groups is 1. The Balaban J connectivity index is 1.74. The van der Waals surface area contributed by atoms with Crippen LogP contribution in [0.3, 0.4) is 0 Å². The second kappa shape index (κ2) is 7.87. The summed E-state index contributed by atoms with van der Waals surface area (Å²) in [6.45, 7) is 5.92. The zero-order valence-corrected chi connectivity index (χ0v) is 17.5. The van der Waals surface area contributed by atoms with Gasteiger partial charge in [0.1, 0.15) is 0 Å². The Bertz CT molecular complexity index is 1260. The predicted molar refractivity (Wildman–Crippen MR) is 119 cm³/mol.